The highest BCUT2D eigenvalue weighted by molar-refractivity contribution is 5.85. The first kappa shape index (κ1) is 39.4. The fourth-order valence-corrected chi connectivity index (χ4v) is 8.34. The number of fused-ring (bicyclic) bond motifs is 3. The molecule has 4 aromatic carbocycles. The summed E-state index contributed by atoms with van der Waals surface area (Å²) < 4.78 is 54.8. The highest BCUT2D eigenvalue weighted by Crippen LogP contribution is 2.45. The lowest BCUT2D eigenvalue weighted by Crippen LogP contribution is -2.66. The Morgan fingerprint density at radius 3 is 2.07 bits per heavy atom. The van der Waals surface area contributed by atoms with E-state index in [2.05, 4.69) is 10.6 Å². The van der Waals surface area contributed by atoms with E-state index in [1.165, 1.54) is 32.4 Å². The van der Waals surface area contributed by atoms with Gasteiger partial charge in [-0.05, 0) is 24.3 Å². The molecule has 310 valence electrons. The van der Waals surface area contributed by atoms with Crippen LogP contribution in [-0.4, -0.2) is 109 Å². The Bertz CT molecular complexity index is 2320. The van der Waals surface area contributed by atoms with Gasteiger partial charge in [-0.15, -0.1) is 0 Å². The van der Waals surface area contributed by atoms with Crippen LogP contribution < -0.4 is 16.3 Å². The maximum absolute atomic E-state index is 12.1. The third kappa shape index (κ3) is 7.42. The highest BCUT2D eigenvalue weighted by atomic mass is 16.8. The van der Waals surface area contributed by atoms with Crippen molar-refractivity contribution in [2.75, 3.05) is 38.1 Å². The number of benzene rings is 4. The van der Waals surface area contributed by atoms with Gasteiger partial charge in [0.05, 0.1) is 24.7 Å². The van der Waals surface area contributed by atoms with E-state index in [9.17, 15) is 25.2 Å². The highest BCUT2D eigenvalue weighted by Gasteiger charge is 2.55. The number of anilines is 2. The average Bonchev–Trinajstić information content (AvgIpc) is 3.25. The van der Waals surface area contributed by atoms with Crippen molar-refractivity contribution < 1.29 is 62.7 Å². The summed E-state index contributed by atoms with van der Waals surface area (Å²) in [5.41, 5.74) is 1.96. The molecule has 5 heterocycles. The monoisotopic (exact) mass is 812 g/mol. The molecule has 59 heavy (non-hydrogen) atoms. The third-order valence-corrected chi connectivity index (χ3v) is 11.2. The lowest BCUT2D eigenvalue weighted by molar-refractivity contribution is -0.367. The molecule has 0 radical (unpaired) electrons. The Hall–Kier alpha value is -5.11. The standard InChI is InChI=1S/C43H44N2O14/c1-51-41-34(36(49)38-31(56-41)20-53-40(58-38)22-9-5-3-6-10-22)45-26-15-24(16-27(46)17-26)43(23-11-7-4-8-12-23)54-21-32-39(59-43)37(50)35(42(52-2)57-32)44-25-13-14-28-29(47)19-33(48)55-30(28)18-25/h3-19,31-32,34-42,44-47,49-50H,20-21H2,1-2H3/t31?,32?,34?,35?,36?,37?,38-,39-,40?,41+,42+,43?/m1/s1. The zero-order chi connectivity index (χ0) is 40.8. The summed E-state index contributed by atoms with van der Waals surface area (Å²) in [5, 5.41) is 52.3. The van der Waals surface area contributed by atoms with Gasteiger partial charge in [-0.1, -0.05) is 60.7 Å². The van der Waals surface area contributed by atoms with Gasteiger partial charge >= 0.3 is 5.63 Å². The normalized spacial score (nSPS) is 33.1. The Morgan fingerprint density at radius 1 is 0.695 bits per heavy atom. The molecule has 4 aliphatic heterocycles. The molecular formula is C43H44N2O14. The number of methoxy groups -OCH3 is 2. The average molecular weight is 813 g/mol. The molecule has 0 saturated carbocycles. The molecule has 16 nitrogen and oxygen atoms in total. The van der Waals surface area contributed by atoms with Crippen LogP contribution in [0, 0.1) is 0 Å². The lowest BCUT2D eigenvalue weighted by atomic mass is 9.90. The molecule has 4 fully saturated rings. The van der Waals surface area contributed by atoms with Crippen molar-refractivity contribution in [1.82, 2.24) is 0 Å². The fraction of sp³-hybridized carbons (Fsp3) is 0.372. The van der Waals surface area contributed by atoms with E-state index < -0.39 is 79.0 Å². The lowest BCUT2D eigenvalue weighted by Gasteiger charge is -2.51. The number of hydrogen-bond acceptors (Lipinski definition) is 16. The van der Waals surface area contributed by atoms with Crippen LogP contribution in [0.3, 0.4) is 0 Å². The number of phenols is 1. The van der Waals surface area contributed by atoms with Crippen molar-refractivity contribution >= 4 is 22.3 Å². The van der Waals surface area contributed by atoms with Gasteiger partial charge in [0.2, 0.25) is 5.79 Å². The third-order valence-electron chi connectivity index (χ3n) is 11.2. The van der Waals surface area contributed by atoms with Crippen LogP contribution >= 0.6 is 0 Å². The Balaban J connectivity index is 1.01. The van der Waals surface area contributed by atoms with Crippen molar-refractivity contribution in [2.24, 2.45) is 0 Å². The zero-order valence-corrected chi connectivity index (χ0v) is 32.0. The van der Waals surface area contributed by atoms with E-state index in [0.717, 1.165) is 11.6 Å². The van der Waals surface area contributed by atoms with Gasteiger partial charge < -0.3 is 73.4 Å². The van der Waals surface area contributed by atoms with Gasteiger partial charge in [0.25, 0.3) is 0 Å². The van der Waals surface area contributed by atoms with E-state index in [-0.39, 0.29) is 30.3 Å². The summed E-state index contributed by atoms with van der Waals surface area (Å²) in [6.45, 7) is 0.122. The summed E-state index contributed by atoms with van der Waals surface area (Å²) in [6.07, 6.45) is -8.20. The maximum Gasteiger partial charge on any atom is 0.339 e. The zero-order valence-electron chi connectivity index (χ0n) is 32.0. The summed E-state index contributed by atoms with van der Waals surface area (Å²) in [6, 6.07) is 27.2. The summed E-state index contributed by atoms with van der Waals surface area (Å²) in [4.78, 5) is 12.0. The Kier molecular flexibility index (Phi) is 10.8. The van der Waals surface area contributed by atoms with Gasteiger partial charge in [-0.3, -0.25) is 0 Å². The van der Waals surface area contributed by atoms with E-state index in [1.807, 2.05) is 60.7 Å². The van der Waals surface area contributed by atoms with E-state index in [1.54, 1.807) is 18.2 Å². The Labute approximate surface area is 337 Å². The summed E-state index contributed by atoms with van der Waals surface area (Å²) in [5.74, 6) is -2.05. The van der Waals surface area contributed by atoms with Crippen molar-refractivity contribution in [3.63, 3.8) is 0 Å². The van der Waals surface area contributed by atoms with Crippen LogP contribution in [0.4, 0.5) is 11.4 Å². The molecular weight excluding hydrogens is 768 g/mol. The number of ether oxygens (including phenoxy) is 8. The quantitative estimate of drug-likeness (QED) is 0.117. The molecule has 8 unspecified atom stereocenters. The number of rotatable bonds is 9. The molecule has 6 N–H and O–H groups in total. The molecule has 0 spiro atoms. The molecule has 9 rings (SSSR count). The number of phenolic OH excluding ortho intramolecular Hbond substituents is 1. The molecule has 16 heteroatoms. The SMILES string of the molecule is CO[C@H]1OC2COC(c3ccccc3)O[C@H]2C(O)C1Nc1cc(O)cc(C2(c3ccccc3)OCC3O[C@H](OC)C(Nc4ccc5c(O)cc(=O)oc5c4)C(O)[C@@H]3O2)c1. The summed E-state index contributed by atoms with van der Waals surface area (Å²) >= 11 is 0. The molecule has 4 saturated heterocycles. The molecule has 4 aliphatic rings. The fourth-order valence-electron chi connectivity index (χ4n) is 8.34. The smallest absolute Gasteiger partial charge is 0.339 e. The number of hydrogen-bond donors (Lipinski definition) is 6. The van der Waals surface area contributed by atoms with E-state index >= 15 is 0 Å². The van der Waals surface area contributed by atoms with Crippen molar-refractivity contribution in [2.45, 2.75) is 73.4 Å². The Morgan fingerprint density at radius 2 is 1.36 bits per heavy atom. The van der Waals surface area contributed by atoms with Gasteiger partial charge in [0.1, 0.15) is 65.8 Å². The minimum atomic E-state index is -1.68. The molecule has 0 aliphatic carbocycles. The predicted octanol–water partition coefficient (Wildman–Crippen LogP) is 3.66. The van der Waals surface area contributed by atoms with Crippen molar-refractivity contribution in [1.29, 1.82) is 0 Å². The minimum absolute atomic E-state index is 0.0476. The van der Waals surface area contributed by atoms with Crippen LogP contribution in [-0.2, 0) is 43.7 Å². The molecule has 5 aromatic rings. The maximum atomic E-state index is 12.1. The van der Waals surface area contributed by atoms with Gasteiger partial charge in [0, 0.05) is 54.4 Å². The number of aromatic hydroxyl groups is 2. The van der Waals surface area contributed by atoms with Crippen molar-refractivity contribution in [3.05, 3.63) is 130 Å². The second-order valence-electron chi connectivity index (χ2n) is 14.9. The van der Waals surface area contributed by atoms with Crippen LogP contribution in [0.25, 0.3) is 11.0 Å². The number of aliphatic hydroxyl groups is 2. The molecule has 0 amide bonds. The minimum Gasteiger partial charge on any atom is -0.508 e. The van der Waals surface area contributed by atoms with Gasteiger partial charge in [-0.25, -0.2) is 4.79 Å². The first-order chi connectivity index (χ1) is 28.6. The first-order valence-corrected chi connectivity index (χ1v) is 19.2. The van der Waals surface area contributed by atoms with Crippen LogP contribution in [0.1, 0.15) is 23.0 Å². The van der Waals surface area contributed by atoms with Gasteiger partial charge in [0.15, 0.2) is 18.9 Å². The molecule has 0 bridgehead atoms. The number of nitrogens with one attached hydrogen (secondary N) is 2. The van der Waals surface area contributed by atoms with Crippen molar-refractivity contribution in [3.8, 4) is 11.5 Å². The molecule has 12 atom stereocenters. The van der Waals surface area contributed by atoms with Crippen LogP contribution in [0.2, 0.25) is 0 Å². The van der Waals surface area contributed by atoms with Gasteiger partial charge in [-0.2, -0.15) is 0 Å². The number of aliphatic hydroxyl groups excluding tert-OH is 2. The predicted molar refractivity (Wildman–Crippen MR) is 208 cm³/mol. The van der Waals surface area contributed by atoms with E-state index in [4.69, 9.17) is 42.3 Å². The van der Waals surface area contributed by atoms with E-state index in [0.29, 0.717) is 27.9 Å². The first-order valence-electron chi connectivity index (χ1n) is 19.2. The van der Waals surface area contributed by atoms with Crippen LogP contribution in [0.5, 0.6) is 11.5 Å². The second-order valence-corrected chi connectivity index (χ2v) is 14.9. The van der Waals surface area contributed by atoms with Crippen LogP contribution in [0.15, 0.2) is 112 Å². The summed E-state index contributed by atoms with van der Waals surface area (Å²) in [7, 11) is 2.92. The topological polar surface area (TPSA) is 209 Å². The molecule has 1 aromatic heterocycles. The largest absolute Gasteiger partial charge is 0.508 e. The second kappa shape index (κ2) is 16.2.